The smallest absolute Gasteiger partial charge is 0.0826 e. The predicted octanol–water partition coefficient (Wildman–Crippen LogP) is 6.97. The van der Waals surface area contributed by atoms with Crippen LogP contribution in [-0.2, 0) is 0 Å². The molecule has 0 saturated heterocycles. The van der Waals surface area contributed by atoms with E-state index in [0.717, 1.165) is 12.1 Å². The molecule has 0 bridgehead atoms. The molecular formula is C22H17Cl2N. The molecule has 0 amide bonds. The largest absolute Gasteiger partial charge is 0.376 e. The molecule has 1 N–H and O–H groups in total. The zero-order chi connectivity index (χ0) is 17.0. The van der Waals surface area contributed by atoms with Gasteiger partial charge in [0, 0.05) is 5.92 Å². The molecule has 1 aliphatic heterocycles. The van der Waals surface area contributed by atoms with E-state index in [1.165, 1.54) is 21.9 Å². The second-order valence-corrected chi connectivity index (χ2v) is 7.65. The van der Waals surface area contributed by atoms with Crippen LogP contribution in [0, 0.1) is 5.92 Å². The number of allylic oxidation sites excluding steroid dienone is 2. The highest BCUT2D eigenvalue weighted by Crippen LogP contribution is 2.53. The zero-order valence-electron chi connectivity index (χ0n) is 13.5. The fourth-order valence-electron chi connectivity index (χ4n) is 4.43. The normalized spacial score (nSPS) is 24.0. The number of hydrogen-bond donors (Lipinski definition) is 1. The molecule has 0 radical (unpaired) electrons. The van der Waals surface area contributed by atoms with Gasteiger partial charge in [0.25, 0.3) is 0 Å². The van der Waals surface area contributed by atoms with Crippen molar-refractivity contribution in [3.8, 4) is 0 Å². The maximum Gasteiger partial charge on any atom is 0.0826 e. The number of fused-ring (bicyclic) bond motifs is 4. The summed E-state index contributed by atoms with van der Waals surface area (Å²) in [6, 6.07) is 19.4. The number of rotatable bonds is 1. The number of anilines is 1. The molecule has 124 valence electrons. The third-order valence-electron chi connectivity index (χ3n) is 5.59. The van der Waals surface area contributed by atoms with Gasteiger partial charge >= 0.3 is 0 Å². The predicted molar refractivity (Wildman–Crippen MR) is 107 cm³/mol. The van der Waals surface area contributed by atoms with Crippen molar-refractivity contribution in [1.29, 1.82) is 0 Å². The number of halogens is 2. The van der Waals surface area contributed by atoms with Crippen molar-refractivity contribution in [1.82, 2.24) is 0 Å². The van der Waals surface area contributed by atoms with Crippen molar-refractivity contribution in [2.45, 2.75) is 18.4 Å². The van der Waals surface area contributed by atoms with Crippen molar-refractivity contribution in [3.05, 3.63) is 87.9 Å². The second-order valence-electron chi connectivity index (χ2n) is 6.87. The van der Waals surface area contributed by atoms with E-state index in [2.05, 4.69) is 66.0 Å². The zero-order valence-corrected chi connectivity index (χ0v) is 15.1. The number of hydrogen-bond acceptors (Lipinski definition) is 1. The van der Waals surface area contributed by atoms with Crippen molar-refractivity contribution >= 4 is 39.7 Å². The number of nitrogens with one attached hydrogen (secondary N) is 1. The van der Waals surface area contributed by atoms with E-state index in [4.69, 9.17) is 23.2 Å². The molecule has 0 aromatic heterocycles. The molecule has 3 heteroatoms. The van der Waals surface area contributed by atoms with Crippen molar-refractivity contribution in [2.24, 2.45) is 5.92 Å². The van der Waals surface area contributed by atoms with Crippen LogP contribution >= 0.6 is 23.2 Å². The average Bonchev–Trinajstić information content (AvgIpc) is 3.14. The highest BCUT2D eigenvalue weighted by Gasteiger charge is 2.39. The summed E-state index contributed by atoms with van der Waals surface area (Å²) in [7, 11) is 0. The van der Waals surface area contributed by atoms with Gasteiger partial charge in [-0.15, -0.1) is 0 Å². The minimum Gasteiger partial charge on any atom is -0.376 e. The van der Waals surface area contributed by atoms with Crippen LogP contribution in [0.4, 0.5) is 5.69 Å². The van der Waals surface area contributed by atoms with E-state index >= 15 is 0 Å². The molecule has 0 unspecified atom stereocenters. The quantitative estimate of drug-likeness (QED) is 0.459. The van der Waals surface area contributed by atoms with Gasteiger partial charge in [-0.2, -0.15) is 0 Å². The fourth-order valence-corrected chi connectivity index (χ4v) is 4.82. The molecule has 25 heavy (non-hydrogen) atoms. The minimum atomic E-state index is 0.217. The highest BCUT2D eigenvalue weighted by atomic mass is 35.5. The molecule has 0 saturated carbocycles. The molecule has 1 nitrogen and oxygen atoms in total. The van der Waals surface area contributed by atoms with Crippen LogP contribution in [-0.4, -0.2) is 0 Å². The third-order valence-corrected chi connectivity index (χ3v) is 6.39. The summed E-state index contributed by atoms with van der Waals surface area (Å²) in [6.07, 6.45) is 5.70. The van der Waals surface area contributed by atoms with Gasteiger partial charge in [-0.05, 0) is 40.3 Å². The lowest BCUT2D eigenvalue weighted by molar-refractivity contribution is 0.427. The topological polar surface area (TPSA) is 12.0 Å². The Bertz CT molecular complexity index is 1000. The highest BCUT2D eigenvalue weighted by molar-refractivity contribution is 6.43. The van der Waals surface area contributed by atoms with Gasteiger partial charge < -0.3 is 5.32 Å². The van der Waals surface area contributed by atoms with Crippen LogP contribution in [0.1, 0.15) is 29.5 Å². The van der Waals surface area contributed by atoms with E-state index < -0.39 is 0 Å². The lowest BCUT2D eigenvalue weighted by Gasteiger charge is -2.38. The number of benzene rings is 3. The van der Waals surface area contributed by atoms with Crippen molar-refractivity contribution < 1.29 is 0 Å². The monoisotopic (exact) mass is 365 g/mol. The molecule has 3 atom stereocenters. The standard InChI is InChI=1S/C22H17Cl2N/c23-19-12-11-18-15-8-4-10-17(15)21(25-22(18)20(19)24)16-9-3-6-13-5-1-2-7-14(13)16/h1-9,11-12,15,17,21,25H,10H2/t15-,17+,21+/m1/s1. The van der Waals surface area contributed by atoms with Crippen LogP contribution in [0.25, 0.3) is 10.8 Å². The van der Waals surface area contributed by atoms with Crippen LogP contribution in [0.5, 0.6) is 0 Å². The van der Waals surface area contributed by atoms with E-state index in [-0.39, 0.29) is 6.04 Å². The Hall–Kier alpha value is -1.96. The summed E-state index contributed by atoms with van der Waals surface area (Å²) in [5.74, 6) is 0.880. The minimum absolute atomic E-state index is 0.217. The molecule has 3 aromatic carbocycles. The molecular weight excluding hydrogens is 349 g/mol. The summed E-state index contributed by atoms with van der Waals surface area (Å²) in [5.41, 5.74) is 3.57. The molecule has 1 heterocycles. The molecule has 1 aliphatic carbocycles. The van der Waals surface area contributed by atoms with Gasteiger partial charge in [-0.3, -0.25) is 0 Å². The summed E-state index contributed by atoms with van der Waals surface area (Å²) < 4.78 is 0. The fraction of sp³-hybridized carbons (Fsp3) is 0.182. The Balaban J connectivity index is 1.71. The summed E-state index contributed by atoms with van der Waals surface area (Å²) in [4.78, 5) is 0. The molecule has 0 spiro atoms. The van der Waals surface area contributed by atoms with Gasteiger partial charge in [0.1, 0.15) is 0 Å². The van der Waals surface area contributed by atoms with Crippen molar-refractivity contribution in [3.63, 3.8) is 0 Å². The summed E-state index contributed by atoms with van der Waals surface area (Å²) >= 11 is 12.8. The summed E-state index contributed by atoms with van der Waals surface area (Å²) in [6.45, 7) is 0. The average molecular weight is 366 g/mol. The SMILES string of the molecule is Clc1ccc2c(c1Cl)N[C@@H](c1cccc3ccccc13)[C@H]1CC=C[C@@H]21. The lowest BCUT2D eigenvalue weighted by atomic mass is 9.76. The van der Waals surface area contributed by atoms with Crippen LogP contribution in [0.15, 0.2) is 66.7 Å². The van der Waals surface area contributed by atoms with Crippen molar-refractivity contribution in [2.75, 3.05) is 5.32 Å². The Morgan fingerprint density at radius 1 is 0.880 bits per heavy atom. The molecule has 5 rings (SSSR count). The Morgan fingerprint density at radius 3 is 2.64 bits per heavy atom. The summed E-state index contributed by atoms with van der Waals surface area (Å²) in [5, 5.41) is 7.53. The van der Waals surface area contributed by atoms with E-state index in [0.29, 0.717) is 21.9 Å². The maximum absolute atomic E-state index is 6.55. The Morgan fingerprint density at radius 2 is 1.72 bits per heavy atom. The third kappa shape index (κ3) is 2.30. The van der Waals surface area contributed by atoms with Crippen LogP contribution in [0.3, 0.4) is 0 Å². The first-order valence-corrected chi connectivity index (χ1v) is 9.38. The lowest BCUT2D eigenvalue weighted by Crippen LogP contribution is -2.29. The molecule has 2 aliphatic rings. The first-order valence-electron chi connectivity index (χ1n) is 8.63. The second kappa shape index (κ2) is 5.79. The Labute approximate surface area is 157 Å². The molecule has 3 aromatic rings. The van der Waals surface area contributed by atoms with E-state index in [1.807, 2.05) is 6.07 Å². The molecule has 0 fully saturated rings. The maximum atomic E-state index is 6.55. The van der Waals surface area contributed by atoms with Crippen LogP contribution < -0.4 is 5.32 Å². The van der Waals surface area contributed by atoms with Gasteiger partial charge in [0.05, 0.1) is 21.8 Å². The van der Waals surface area contributed by atoms with Gasteiger partial charge in [0.15, 0.2) is 0 Å². The Kier molecular flexibility index (Phi) is 3.55. The van der Waals surface area contributed by atoms with E-state index in [1.54, 1.807) is 0 Å². The van der Waals surface area contributed by atoms with Gasteiger partial charge in [-0.1, -0.05) is 83.9 Å². The van der Waals surface area contributed by atoms with E-state index in [9.17, 15) is 0 Å². The first kappa shape index (κ1) is 15.3. The van der Waals surface area contributed by atoms with Gasteiger partial charge in [0.2, 0.25) is 0 Å². The van der Waals surface area contributed by atoms with Crippen LogP contribution in [0.2, 0.25) is 10.0 Å². The van der Waals surface area contributed by atoms with Gasteiger partial charge in [-0.25, -0.2) is 0 Å². The first-order chi connectivity index (χ1) is 12.2.